The maximum absolute atomic E-state index is 12.3. The van der Waals surface area contributed by atoms with Gasteiger partial charge < -0.3 is 14.8 Å². The molecule has 132 valence electrons. The van der Waals surface area contributed by atoms with Gasteiger partial charge >= 0.3 is 0 Å². The van der Waals surface area contributed by atoms with E-state index in [1.807, 2.05) is 0 Å². The quantitative estimate of drug-likeness (QED) is 0.853. The highest BCUT2D eigenvalue weighted by molar-refractivity contribution is 6.32. The van der Waals surface area contributed by atoms with E-state index < -0.39 is 0 Å². The number of halogens is 1. The topological polar surface area (TPSA) is 67.9 Å². The smallest absolute Gasteiger partial charge is 0.240 e. The number of nitrogens with one attached hydrogen (secondary N) is 1. The first-order valence-electron chi connectivity index (χ1n) is 7.95. The summed E-state index contributed by atoms with van der Waals surface area (Å²) in [5.41, 5.74) is 0.452. The molecule has 0 heterocycles. The van der Waals surface area contributed by atoms with E-state index in [-0.39, 0.29) is 24.4 Å². The van der Waals surface area contributed by atoms with Crippen LogP contribution in [-0.2, 0) is 9.59 Å². The van der Waals surface area contributed by atoms with Crippen molar-refractivity contribution in [3.8, 4) is 11.5 Å². The Bertz CT molecular complexity index is 615. The lowest BCUT2D eigenvalue weighted by Crippen LogP contribution is -2.43. The summed E-state index contributed by atoms with van der Waals surface area (Å²) in [4.78, 5) is 25.8. The van der Waals surface area contributed by atoms with Crippen LogP contribution in [0.1, 0.15) is 32.6 Å². The Morgan fingerprint density at radius 1 is 1.21 bits per heavy atom. The molecule has 1 aromatic carbocycles. The number of amides is 2. The summed E-state index contributed by atoms with van der Waals surface area (Å²) in [6.45, 7) is 1.33. The monoisotopic (exact) mass is 354 g/mol. The Labute approximate surface area is 147 Å². The fraction of sp³-hybridized carbons (Fsp3) is 0.529. The van der Waals surface area contributed by atoms with Gasteiger partial charge in [0, 0.05) is 25.1 Å². The Morgan fingerprint density at radius 2 is 1.83 bits per heavy atom. The van der Waals surface area contributed by atoms with E-state index in [1.54, 1.807) is 12.1 Å². The van der Waals surface area contributed by atoms with Crippen molar-refractivity contribution in [1.29, 1.82) is 0 Å². The molecule has 2 rings (SSSR count). The zero-order valence-corrected chi connectivity index (χ0v) is 15.0. The summed E-state index contributed by atoms with van der Waals surface area (Å²) in [7, 11) is 2.97. The maximum Gasteiger partial charge on any atom is 0.240 e. The van der Waals surface area contributed by atoms with Crippen molar-refractivity contribution in [1.82, 2.24) is 5.32 Å². The van der Waals surface area contributed by atoms with Crippen molar-refractivity contribution in [3.05, 3.63) is 17.2 Å². The van der Waals surface area contributed by atoms with Gasteiger partial charge in [-0.15, -0.1) is 0 Å². The Kier molecular flexibility index (Phi) is 6.31. The Balaban J connectivity index is 2.23. The SMILES string of the molecule is COc1cc(N(CC(=O)NC2CCCC2)C(C)=O)c(OC)cc1Cl. The number of anilines is 1. The zero-order chi connectivity index (χ0) is 17.7. The van der Waals surface area contributed by atoms with Gasteiger partial charge in [-0.2, -0.15) is 0 Å². The van der Waals surface area contributed by atoms with Crippen LogP contribution in [0.5, 0.6) is 11.5 Å². The molecule has 1 N–H and O–H groups in total. The number of ether oxygens (including phenoxy) is 2. The molecule has 1 aliphatic rings. The predicted molar refractivity (Wildman–Crippen MR) is 93.0 cm³/mol. The molecule has 7 heteroatoms. The highest BCUT2D eigenvalue weighted by Gasteiger charge is 2.24. The van der Waals surface area contributed by atoms with Gasteiger partial charge in [0.05, 0.1) is 24.9 Å². The van der Waals surface area contributed by atoms with Crippen LogP contribution in [0.15, 0.2) is 12.1 Å². The average Bonchev–Trinajstić information content (AvgIpc) is 3.05. The van der Waals surface area contributed by atoms with Gasteiger partial charge in [-0.1, -0.05) is 24.4 Å². The molecule has 0 aromatic heterocycles. The lowest BCUT2D eigenvalue weighted by Gasteiger charge is -2.24. The molecule has 1 fully saturated rings. The van der Waals surface area contributed by atoms with Gasteiger partial charge in [-0.05, 0) is 12.8 Å². The fourth-order valence-corrected chi connectivity index (χ4v) is 3.14. The van der Waals surface area contributed by atoms with E-state index in [0.29, 0.717) is 22.2 Å². The summed E-state index contributed by atoms with van der Waals surface area (Å²) in [6.07, 6.45) is 4.24. The molecule has 1 aromatic rings. The van der Waals surface area contributed by atoms with Crippen molar-refractivity contribution in [3.63, 3.8) is 0 Å². The second kappa shape index (κ2) is 8.24. The standard InChI is InChI=1S/C17H23ClN2O4/c1-11(21)20(10-17(22)19-12-6-4-5-7-12)14-9-15(23-2)13(18)8-16(14)24-3/h8-9,12H,4-7,10H2,1-3H3,(H,19,22). The van der Waals surface area contributed by atoms with Crippen molar-refractivity contribution >= 4 is 29.1 Å². The second-order valence-corrected chi connectivity index (χ2v) is 6.22. The number of carbonyl (C=O) groups excluding carboxylic acids is 2. The third kappa shape index (κ3) is 4.32. The second-order valence-electron chi connectivity index (χ2n) is 5.81. The van der Waals surface area contributed by atoms with Crippen LogP contribution >= 0.6 is 11.6 Å². The van der Waals surface area contributed by atoms with Crippen LogP contribution in [0.2, 0.25) is 5.02 Å². The van der Waals surface area contributed by atoms with Crippen LogP contribution in [0.3, 0.4) is 0 Å². The molecule has 0 radical (unpaired) electrons. The van der Waals surface area contributed by atoms with Crippen LogP contribution in [0.25, 0.3) is 0 Å². The molecule has 0 bridgehead atoms. The number of carbonyl (C=O) groups is 2. The third-order valence-electron chi connectivity index (χ3n) is 4.15. The molecule has 0 atom stereocenters. The van der Waals surface area contributed by atoms with Crippen molar-refractivity contribution in [2.24, 2.45) is 0 Å². The van der Waals surface area contributed by atoms with E-state index in [2.05, 4.69) is 5.32 Å². The fourth-order valence-electron chi connectivity index (χ4n) is 2.91. The summed E-state index contributed by atoms with van der Waals surface area (Å²) in [5.74, 6) is 0.368. The molecule has 2 amide bonds. The summed E-state index contributed by atoms with van der Waals surface area (Å²) < 4.78 is 10.5. The van der Waals surface area contributed by atoms with Crippen molar-refractivity contribution in [2.45, 2.75) is 38.6 Å². The number of nitrogens with zero attached hydrogens (tertiary/aromatic N) is 1. The first kappa shape index (κ1) is 18.4. The van der Waals surface area contributed by atoms with Gasteiger partial charge in [-0.3, -0.25) is 14.5 Å². The van der Waals surface area contributed by atoms with Crippen LogP contribution in [-0.4, -0.2) is 38.6 Å². The predicted octanol–water partition coefficient (Wildman–Crippen LogP) is 2.77. The summed E-state index contributed by atoms with van der Waals surface area (Å²) in [5, 5.41) is 3.35. The van der Waals surface area contributed by atoms with E-state index in [9.17, 15) is 9.59 Å². The number of hydrogen-bond acceptors (Lipinski definition) is 4. The molecule has 1 saturated carbocycles. The van der Waals surface area contributed by atoms with E-state index >= 15 is 0 Å². The molecule has 1 aliphatic carbocycles. The van der Waals surface area contributed by atoms with Gasteiger partial charge in [0.25, 0.3) is 0 Å². The maximum atomic E-state index is 12.3. The minimum Gasteiger partial charge on any atom is -0.495 e. The first-order chi connectivity index (χ1) is 11.5. The minimum atomic E-state index is -0.265. The molecular weight excluding hydrogens is 332 g/mol. The highest BCUT2D eigenvalue weighted by atomic mass is 35.5. The van der Waals surface area contributed by atoms with Gasteiger partial charge in [0.1, 0.15) is 18.0 Å². The molecular formula is C17H23ClN2O4. The number of benzene rings is 1. The van der Waals surface area contributed by atoms with E-state index in [4.69, 9.17) is 21.1 Å². The molecule has 0 aliphatic heterocycles. The van der Waals surface area contributed by atoms with E-state index in [1.165, 1.54) is 26.0 Å². The lowest BCUT2D eigenvalue weighted by atomic mass is 10.2. The minimum absolute atomic E-state index is 0.0764. The number of hydrogen-bond donors (Lipinski definition) is 1. The van der Waals surface area contributed by atoms with Gasteiger partial charge in [0.15, 0.2) is 0 Å². The Hall–Kier alpha value is -1.95. The Morgan fingerprint density at radius 3 is 2.38 bits per heavy atom. The third-order valence-corrected chi connectivity index (χ3v) is 4.44. The van der Waals surface area contributed by atoms with Crippen molar-refractivity contribution < 1.29 is 19.1 Å². The molecule has 0 saturated heterocycles. The van der Waals surface area contributed by atoms with E-state index in [0.717, 1.165) is 25.7 Å². The molecule has 24 heavy (non-hydrogen) atoms. The largest absolute Gasteiger partial charge is 0.495 e. The van der Waals surface area contributed by atoms with Crippen LogP contribution in [0, 0.1) is 0 Å². The van der Waals surface area contributed by atoms with Gasteiger partial charge in [0.2, 0.25) is 11.8 Å². The normalized spacial score (nSPS) is 14.3. The number of rotatable bonds is 6. The first-order valence-corrected chi connectivity index (χ1v) is 8.33. The molecule has 6 nitrogen and oxygen atoms in total. The average molecular weight is 355 g/mol. The van der Waals surface area contributed by atoms with Crippen LogP contribution in [0.4, 0.5) is 5.69 Å². The zero-order valence-electron chi connectivity index (χ0n) is 14.2. The van der Waals surface area contributed by atoms with Crippen molar-refractivity contribution in [2.75, 3.05) is 25.7 Å². The lowest BCUT2D eigenvalue weighted by molar-refractivity contribution is -0.123. The van der Waals surface area contributed by atoms with Crippen LogP contribution < -0.4 is 19.7 Å². The summed E-state index contributed by atoms with van der Waals surface area (Å²) >= 11 is 6.10. The highest BCUT2D eigenvalue weighted by Crippen LogP contribution is 2.38. The summed E-state index contributed by atoms with van der Waals surface area (Å²) in [6, 6.07) is 3.37. The van der Waals surface area contributed by atoms with Gasteiger partial charge in [-0.25, -0.2) is 0 Å². The number of methoxy groups -OCH3 is 2. The molecule has 0 spiro atoms. The molecule has 0 unspecified atom stereocenters.